The number of ether oxygens (including phenoxy) is 2. The molecule has 0 bridgehead atoms. The summed E-state index contributed by atoms with van der Waals surface area (Å²) in [4.78, 5) is 35.4. The quantitative estimate of drug-likeness (QED) is 0.174. The van der Waals surface area contributed by atoms with Gasteiger partial charge in [-0.25, -0.2) is 9.37 Å². The number of likely N-dealkylation sites (tertiary alicyclic amines) is 1. The molecule has 0 radical (unpaired) electrons. The number of fused-ring (bicyclic) bond motifs is 1. The maximum absolute atomic E-state index is 14.9. The number of nitrogens with zero attached hydrogens (tertiary/aromatic N) is 4. The molecule has 4 heterocycles. The van der Waals surface area contributed by atoms with Gasteiger partial charge >= 0.3 is 0 Å². The van der Waals surface area contributed by atoms with E-state index in [0.717, 1.165) is 90.1 Å². The maximum Gasteiger partial charge on any atom is 0.269 e. The first-order valence-corrected chi connectivity index (χ1v) is 18.2. The molecular weight excluding hydrogens is 621 g/mol. The highest BCUT2D eigenvalue weighted by Gasteiger charge is 2.24. The molecule has 3 aromatic rings. The molecule has 3 aliphatic heterocycles. The largest absolute Gasteiger partial charge is 0.493 e. The minimum atomic E-state index is -0.603. The van der Waals surface area contributed by atoms with Gasteiger partial charge in [-0.1, -0.05) is 13.8 Å². The normalized spacial score (nSPS) is 18.6. The molecule has 6 rings (SSSR count). The number of benzene rings is 2. The molecule has 3 saturated heterocycles. The van der Waals surface area contributed by atoms with E-state index in [0.29, 0.717) is 46.5 Å². The lowest BCUT2D eigenvalue weighted by Gasteiger charge is -2.36. The number of aromatic nitrogens is 2. The van der Waals surface area contributed by atoms with Gasteiger partial charge in [-0.3, -0.25) is 14.9 Å². The van der Waals surface area contributed by atoms with Crippen molar-refractivity contribution in [2.45, 2.75) is 69.8 Å². The summed E-state index contributed by atoms with van der Waals surface area (Å²) in [5.41, 5.74) is 1.08. The van der Waals surface area contributed by atoms with Crippen LogP contribution in [0.15, 0.2) is 41.2 Å². The monoisotopic (exact) mass is 669 g/mol. The van der Waals surface area contributed by atoms with Gasteiger partial charge in [-0.2, -0.15) is 11.8 Å². The van der Waals surface area contributed by atoms with Crippen molar-refractivity contribution < 1.29 is 18.8 Å². The first-order chi connectivity index (χ1) is 22.9. The number of non-ortho nitro benzene ring substituents is 1. The van der Waals surface area contributed by atoms with Crippen molar-refractivity contribution >= 4 is 34.0 Å². The highest BCUT2D eigenvalue weighted by molar-refractivity contribution is 7.99. The van der Waals surface area contributed by atoms with E-state index in [4.69, 9.17) is 9.47 Å². The second kappa shape index (κ2) is 17.3. The number of thioether (sulfide) groups is 1. The summed E-state index contributed by atoms with van der Waals surface area (Å²) in [5, 5.41) is 11.4. The Morgan fingerprint density at radius 1 is 1.02 bits per heavy atom. The first kappa shape index (κ1) is 35.1. The molecule has 256 valence electrons. The van der Waals surface area contributed by atoms with Crippen LogP contribution in [0.3, 0.4) is 0 Å². The molecule has 47 heavy (non-hydrogen) atoms. The van der Waals surface area contributed by atoms with Crippen LogP contribution in [0.2, 0.25) is 0 Å². The smallest absolute Gasteiger partial charge is 0.269 e. The van der Waals surface area contributed by atoms with E-state index in [-0.39, 0.29) is 16.0 Å². The van der Waals surface area contributed by atoms with Gasteiger partial charge in [0.2, 0.25) is 0 Å². The average molecular weight is 670 g/mol. The van der Waals surface area contributed by atoms with Gasteiger partial charge in [0.05, 0.1) is 22.8 Å². The second-order valence-corrected chi connectivity index (χ2v) is 13.8. The van der Waals surface area contributed by atoms with Gasteiger partial charge in [-0.15, -0.1) is 0 Å². The van der Waals surface area contributed by atoms with Gasteiger partial charge in [-0.05, 0) is 88.5 Å². The molecule has 0 amide bonds. The predicted octanol–water partition coefficient (Wildman–Crippen LogP) is 6.81. The number of H-pyrrole nitrogens is 1. The lowest BCUT2D eigenvalue weighted by molar-refractivity contribution is -0.384. The topological polar surface area (TPSA) is 114 Å². The number of nitro groups is 1. The van der Waals surface area contributed by atoms with Crippen molar-refractivity contribution in [3.63, 3.8) is 0 Å². The van der Waals surface area contributed by atoms with Crippen LogP contribution in [0.25, 0.3) is 10.9 Å². The summed E-state index contributed by atoms with van der Waals surface area (Å²) in [6, 6.07) is 9.87. The Morgan fingerprint density at radius 3 is 2.38 bits per heavy atom. The molecule has 0 unspecified atom stereocenters. The number of halogens is 1. The number of nitrogens with one attached hydrogen (secondary N) is 1. The fraction of sp³-hybridized carbons (Fsp3) is 0.600. The average Bonchev–Trinajstić information content (AvgIpc) is 3.10. The molecule has 0 saturated carbocycles. The van der Waals surface area contributed by atoms with Gasteiger partial charge in [0.15, 0.2) is 0 Å². The lowest BCUT2D eigenvalue weighted by Crippen LogP contribution is -2.38. The van der Waals surface area contributed by atoms with Crippen molar-refractivity contribution in [1.82, 2.24) is 14.9 Å². The van der Waals surface area contributed by atoms with E-state index >= 15 is 0 Å². The molecule has 3 aliphatic rings. The van der Waals surface area contributed by atoms with Crippen molar-refractivity contribution in [2.24, 2.45) is 11.8 Å². The summed E-state index contributed by atoms with van der Waals surface area (Å²) in [6.45, 7) is 11.2. The molecule has 1 aromatic heterocycles. The standard InChI is InChI=1S/C33H42FN5O5S.C2H6/c34-29-19-27(20-30-32(29)33(40)36-31(35-30)22-45-28-10-17-43-18-11-28)44-21-24-6-13-37(14-7-24)12-5-23-8-15-38(16-9-23)25-1-3-26(4-2-25)39(41)42;1-2/h1-4,19-20,23-24,28H,5-18,21-22H2,(H,35,36,40);1-2H3. The molecule has 0 atom stereocenters. The van der Waals surface area contributed by atoms with Crippen molar-refractivity contribution in [3.05, 3.63) is 68.5 Å². The van der Waals surface area contributed by atoms with Crippen LogP contribution < -0.4 is 15.2 Å². The van der Waals surface area contributed by atoms with Crippen molar-refractivity contribution in [2.75, 3.05) is 57.4 Å². The third-order valence-electron chi connectivity index (χ3n) is 9.49. The van der Waals surface area contributed by atoms with Gasteiger partial charge in [0.1, 0.15) is 22.8 Å². The zero-order chi connectivity index (χ0) is 33.2. The van der Waals surface area contributed by atoms with E-state index in [1.807, 2.05) is 26.0 Å². The number of hydrogen-bond donors (Lipinski definition) is 1. The van der Waals surface area contributed by atoms with Gasteiger partial charge in [0, 0.05) is 61.5 Å². The van der Waals surface area contributed by atoms with Crippen LogP contribution in [0.5, 0.6) is 5.75 Å². The van der Waals surface area contributed by atoms with Crippen LogP contribution in [0.1, 0.15) is 64.6 Å². The Hall–Kier alpha value is -3.22. The number of aromatic amines is 1. The van der Waals surface area contributed by atoms with Gasteiger partial charge < -0.3 is 24.3 Å². The summed E-state index contributed by atoms with van der Waals surface area (Å²) in [6.07, 6.45) is 7.52. The maximum atomic E-state index is 14.9. The molecule has 1 N–H and O–H groups in total. The van der Waals surface area contributed by atoms with E-state index in [2.05, 4.69) is 19.8 Å². The Kier molecular flexibility index (Phi) is 12.9. The molecule has 3 fully saturated rings. The second-order valence-electron chi connectivity index (χ2n) is 12.5. The van der Waals surface area contributed by atoms with Crippen LogP contribution in [-0.4, -0.2) is 77.6 Å². The summed E-state index contributed by atoms with van der Waals surface area (Å²) < 4.78 is 26.4. The zero-order valence-corrected chi connectivity index (χ0v) is 28.4. The van der Waals surface area contributed by atoms with Crippen LogP contribution in [0, 0.1) is 27.8 Å². The van der Waals surface area contributed by atoms with Crippen molar-refractivity contribution in [3.8, 4) is 5.75 Å². The number of anilines is 1. The zero-order valence-electron chi connectivity index (χ0n) is 27.6. The van der Waals surface area contributed by atoms with Crippen LogP contribution in [0.4, 0.5) is 15.8 Å². The van der Waals surface area contributed by atoms with Gasteiger partial charge in [0.25, 0.3) is 11.2 Å². The molecule has 0 spiro atoms. The number of hydrogen-bond acceptors (Lipinski definition) is 9. The molecule has 12 heteroatoms. The number of rotatable bonds is 11. The highest BCUT2D eigenvalue weighted by Crippen LogP contribution is 2.29. The SMILES string of the molecule is CC.O=c1[nH]c(CSC2CCOCC2)nc2cc(OCC3CCN(CCC4CCN(c5ccc([N+](=O)[O-])cc5)CC4)CC3)cc(F)c12. The molecule has 0 aliphatic carbocycles. The minimum absolute atomic E-state index is 0.0208. The molecular formula is C35H48FN5O5S. The third-order valence-corrected chi connectivity index (χ3v) is 10.9. The predicted molar refractivity (Wildman–Crippen MR) is 186 cm³/mol. The first-order valence-electron chi connectivity index (χ1n) is 17.2. The number of piperidine rings is 2. The molecule has 10 nitrogen and oxygen atoms in total. The highest BCUT2D eigenvalue weighted by atomic mass is 32.2. The van der Waals surface area contributed by atoms with Crippen molar-refractivity contribution in [1.29, 1.82) is 0 Å². The minimum Gasteiger partial charge on any atom is -0.493 e. The number of nitro benzene ring substituents is 1. The fourth-order valence-electron chi connectivity index (χ4n) is 6.66. The Morgan fingerprint density at radius 2 is 1.70 bits per heavy atom. The molecule has 2 aromatic carbocycles. The summed E-state index contributed by atoms with van der Waals surface area (Å²) >= 11 is 1.76. The van der Waals surface area contributed by atoms with E-state index in [1.54, 1.807) is 30.0 Å². The summed E-state index contributed by atoms with van der Waals surface area (Å²) in [5.74, 6) is 2.05. The Labute approximate surface area is 280 Å². The lowest BCUT2D eigenvalue weighted by atomic mass is 9.92. The summed E-state index contributed by atoms with van der Waals surface area (Å²) in [7, 11) is 0. The van der Waals surface area contributed by atoms with Crippen LogP contribution >= 0.6 is 11.8 Å². The van der Waals surface area contributed by atoms with E-state index < -0.39 is 11.4 Å². The van der Waals surface area contributed by atoms with Crippen LogP contribution in [-0.2, 0) is 10.5 Å². The van der Waals surface area contributed by atoms with E-state index in [1.165, 1.54) is 12.5 Å². The Bertz CT molecular complexity index is 1500. The Balaban J connectivity index is 0.00000213. The fourth-order valence-corrected chi connectivity index (χ4v) is 7.72. The third kappa shape index (κ3) is 9.67. The van der Waals surface area contributed by atoms with E-state index in [9.17, 15) is 19.3 Å².